The van der Waals surface area contributed by atoms with Crippen LogP contribution in [-0.2, 0) is 42.2 Å². The number of phosphoric acid groups is 1. The zero-order valence-corrected chi connectivity index (χ0v) is 51.3. The van der Waals surface area contributed by atoms with Crippen LogP contribution in [-0.4, -0.2) is 66.5 Å². The Bertz CT molecular complexity index is 1540. The highest BCUT2D eigenvalue weighted by Crippen LogP contribution is 2.43. The molecule has 0 spiro atoms. The maximum Gasteiger partial charge on any atom is 0.472 e. The quantitative estimate of drug-likeness (QED) is 0.0197. The number of aliphatic hydroxyl groups is 1. The summed E-state index contributed by atoms with van der Waals surface area (Å²) in [5, 5.41) is 9.85. The van der Waals surface area contributed by atoms with Crippen molar-refractivity contribution in [1.29, 1.82) is 0 Å². The lowest BCUT2D eigenvalue weighted by atomic mass is 10.0. The second kappa shape index (κ2) is 60.3. The first kappa shape index (κ1) is 75.2. The first-order valence-electron chi connectivity index (χ1n) is 32.2. The van der Waals surface area contributed by atoms with Gasteiger partial charge in [0, 0.05) is 19.3 Å². The Hall–Kier alpha value is -2.82. The lowest BCUT2D eigenvalue weighted by Gasteiger charge is -2.21. The summed E-state index contributed by atoms with van der Waals surface area (Å²) in [5.41, 5.74) is 0. The number of hydrogen-bond acceptors (Lipinski definition) is 10. The first-order valence-corrected chi connectivity index (χ1v) is 33.7. The predicted octanol–water partition coefficient (Wildman–Crippen LogP) is 19.5. The van der Waals surface area contributed by atoms with Crippen LogP contribution in [0.1, 0.15) is 303 Å². The van der Waals surface area contributed by atoms with Crippen LogP contribution >= 0.6 is 7.82 Å². The van der Waals surface area contributed by atoms with Crippen LogP contribution in [0.3, 0.4) is 0 Å². The molecule has 12 heteroatoms. The van der Waals surface area contributed by atoms with Crippen LogP contribution < -0.4 is 0 Å². The van der Waals surface area contributed by atoms with Crippen LogP contribution in [0.5, 0.6) is 0 Å². The average molecular weight is 1120 g/mol. The zero-order chi connectivity index (χ0) is 56.9. The number of unbranched alkanes of at least 4 members (excludes halogenated alkanes) is 33. The number of rotatable bonds is 60. The molecule has 78 heavy (non-hydrogen) atoms. The highest BCUT2D eigenvalue weighted by atomic mass is 31.2. The summed E-state index contributed by atoms with van der Waals surface area (Å²) < 4.78 is 39.7. The number of aliphatic hydroxyl groups excluding tert-OH is 1. The molecule has 0 aromatic heterocycles. The highest BCUT2D eigenvalue weighted by Gasteiger charge is 2.28. The summed E-state index contributed by atoms with van der Waals surface area (Å²) in [4.78, 5) is 48.7. The van der Waals surface area contributed by atoms with Gasteiger partial charge in [-0.3, -0.25) is 23.4 Å². The van der Waals surface area contributed by atoms with Crippen molar-refractivity contribution < 1.29 is 52.2 Å². The predicted molar refractivity (Wildman–Crippen MR) is 325 cm³/mol. The van der Waals surface area contributed by atoms with Gasteiger partial charge < -0.3 is 24.2 Å². The van der Waals surface area contributed by atoms with Gasteiger partial charge in [-0.25, -0.2) is 4.57 Å². The third-order valence-corrected chi connectivity index (χ3v) is 14.9. The van der Waals surface area contributed by atoms with E-state index in [0.717, 1.165) is 89.9 Å². The Morgan fingerprint density at radius 3 is 1.04 bits per heavy atom. The van der Waals surface area contributed by atoms with Crippen molar-refractivity contribution in [2.45, 2.75) is 315 Å². The topological polar surface area (TPSA) is 155 Å². The molecule has 0 saturated carbocycles. The molecule has 3 unspecified atom stereocenters. The lowest BCUT2D eigenvalue weighted by Crippen LogP contribution is -2.30. The smallest absolute Gasteiger partial charge is 0.462 e. The van der Waals surface area contributed by atoms with Gasteiger partial charge in [0.05, 0.1) is 19.8 Å². The summed E-state index contributed by atoms with van der Waals surface area (Å²) in [5.74, 6) is -1.47. The molecule has 0 heterocycles. The molecule has 0 aliphatic carbocycles. The lowest BCUT2D eigenvalue weighted by molar-refractivity contribution is -0.161. The molecule has 454 valence electrons. The number of carbonyl (C=O) groups is 3. The van der Waals surface area contributed by atoms with Crippen molar-refractivity contribution in [1.82, 2.24) is 0 Å². The second-order valence-corrected chi connectivity index (χ2v) is 23.0. The van der Waals surface area contributed by atoms with Crippen LogP contribution in [0.4, 0.5) is 0 Å². The van der Waals surface area contributed by atoms with Crippen LogP contribution in [0.15, 0.2) is 60.8 Å². The average Bonchev–Trinajstić information content (AvgIpc) is 3.43. The van der Waals surface area contributed by atoms with Gasteiger partial charge in [0.15, 0.2) is 6.10 Å². The van der Waals surface area contributed by atoms with Crippen LogP contribution in [0, 0.1) is 0 Å². The molecular formula is C66H119O11P. The van der Waals surface area contributed by atoms with Gasteiger partial charge >= 0.3 is 25.7 Å². The van der Waals surface area contributed by atoms with Crippen molar-refractivity contribution in [3.8, 4) is 0 Å². The van der Waals surface area contributed by atoms with E-state index in [1.54, 1.807) is 0 Å². The Labute approximate surface area is 478 Å². The normalized spacial score (nSPS) is 13.7. The van der Waals surface area contributed by atoms with E-state index in [2.05, 4.69) is 81.5 Å². The molecule has 0 saturated heterocycles. The van der Waals surface area contributed by atoms with Crippen LogP contribution in [0.2, 0.25) is 0 Å². The van der Waals surface area contributed by atoms with Gasteiger partial charge in [0.2, 0.25) is 0 Å². The molecule has 0 aromatic carbocycles. The molecule has 0 aromatic rings. The van der Waals surface area contributed by atoms with E-state index < -0.39 is 57.8 Å². The molecule has 0 bridgehead atoms. The standard InChI is InChI=1S/C66H119O11P/c1-4-7-10-13-16-19-22-25-28-30-31-33-36-39-42-45-48-51-54-57-66(70)77-63(59-73-64(68)55-52-49-46-43-40-37-34-27-24-21-18-15-12-9-6-3)61-75-78(71,72)74-60-62(58-67)76-65(69)56-53-50-47-44-41-38-35-32-29-26-23-20-17-14-11-8-5-2/h8,11,17,20,25-26,28-29,35,38,62-63,67H,4-7,9-10,12-16,18-19,21-24,27,30-34,36-37,39-61H2,1-3H3,(H,71,72)/b11-8-,20-17-,28-25-,29-26-,38-35-. The van der Waals surface area contributed by atoms with E-state index in [1.165, 1.54) is 154 Å². The van der Waals surface area contributed by atoms with Crippen molar-refractivity contribution in [3.05, 3.63) is 60.8 Å². The Kier molecular flexibility index (Phi) is 58.1. The molecule has 11 nitrogen and oxygen atoms in total. The highest BCUT2D eigenvalue weighted by molar-refractivity contribution is 7.47. The molecule has 2 N–H and O–H groups in total. The first-order chi connectivity index (χ1) is 38.2. The molecule has 0 amide bonds. The van der Waals surface area contributed by atoms with E-state index in [9.17, 15) is 28.9 Å². The van der Waals surface area contributed by atoms with E-state index >= 15 is 0 Å². The van der Waals surface area contributed by atoms with E-state index in [0.29, 0.717) is 19.3 Å². The van der Waals surface area contributed by atoms with Gasteiger partial charge in [0.25, 0.3) is 0 Å². The number of ether oxygens (including phenoxy) is 3. The SMILES string of the molecule is CC/C=C\C/C=C\C/C=C\C/C=C\CCCCCCC(=O)OC(CO)COP(=O)(O)OCC(COC(=O)CCCCCCCCCCCCCCCCC)OC(=O)CCCCCCCCCCC/C=C\CCCCCCCC. The summed E-state index contributed by atoms with van der Waals surface area (Å²) in [6.45, 7) is 4.55. The van der Waals surface area contributed by atoms with Crippen molar-refractivity contribution >= 4 is 25.7 Å². The Morgan fingerprint density at radius 2 is 0.667 bits per heavy atom. The molecule has 3 atom stereocenters. The fourth-order valence-electron chi connectivity index (χ4n) is 9.05. The maximum atomic E-state index is 13.0. The molecular weight excluding hydrogens is 1000 g/mol. The summed E-state index contributed by atoms with van der Waals surface area (Å²) in [6.07, 6.45) is 67.4. The zero-order valence-electron chi connectivity index (χ0n) is 50.4. The summed E-state index contributed by atoms with van der Waals surface area (Å²) in [7, 11) is -4.76. The summed E-state index contributed by atoms with van der Waals surface area (Å²) >= 11 is 0. The molecule has 0 aliphatic heterocycles. The minimum Gasteiger partial charge on any atom is -0.462 e. The van der Waals surface area contributed by atoms with Crippen molar-refractivity contribution in [3.63, 3.8) is 0 Å². The maximum absolute atomic E-state index is 13.0. The monoisotopic (exact) mass is 1120 g/mol. The third kappa shape index (κ3) is 57.9. The molecule has 0 fully saturated rings. The largest absolute Gasteiger partial charge is 0.472 e. The van der Waals surface area contributed by atoms with E-state index in [1.807, 2.05) is 0 Å². The Balaban J connectivity index is 4.69. The molecule has 0 radical (unpaired) electrons. The van der Waals surface area contributed by atoms with Crippen molar-refractivity contribution in [2.75, 3.05) is 26.4 Å². The number of carbonyl (C=O) groups excluding carboxylic acids is 3. The minimum absolute atomic E-state index is 0.150. The number of allylic oxidation sites excluding steroid dienone is 10. The van der Waals surface area contributed by atoms with Gasteiger partial charge in [-0.2, -0.15) is 0 Å². The molecule has 0 aliphatic rings. The van der Waals surface area contributed by atoms with Gasteiger partial charge in [0.1, 0.15) is 12.7 Å². The van der Waals surface area contributed by atoms with E-state index in [4.69, 9.17) is 23.3 Å². The van der Waals surface area contributed by atoms with Gasteiger partial charge in [-0.05, 0) is 83.5 Å². The number of hydrogen-bond donors (Lipinski definition) is 2. The number of phosphoric ester groups is 1. The fraction of sp³-hybridized carbons (Fsp3) is 0.803. The summed E-state index contributed by atoms with van der Waals surface area (Å²) in [6, 6.07) is 0. The van der Waals surface area contributed by atoms with Gasteiger partial charge in [-0.1, -0.05) is 261 Å². The second-order valence-electron chi connectivity index (χ2n) is 21.6. The van der Waals surface area contributed by atoms with E-state index in [-0.39, 0.29) is 25.9 Å². The van der Waals surface area contributed by atoms with Crippen LogP contribution in [0.25, 0.3) is 0 Å². The number of esters is 3. The third-order valence-electron chi connectivity index (χ3n) is 13.9. The van der Waals surface area contributed by atoms with Gasteiger partial charge in [-0.15, -0.1) is 0 Å². The minimum atomic E-state index is -4.76. The molecule has 0 rings (SSSR count). The fourth-order valence-corrected chi connectivity index (χ4v) is 9.83. The van der Waals surface area contributed by atoms with Crippen molar-refractivity contribution in [2.24, 2.45) is 0 Å². The Morgan fingerprint density at radius 1 is 0.372 bits per heavy atom.